The van der Waals surface area contributed by atoms with E-state index in [0.29, 0.717) is 25.3 Å². The van der Waals surface area contributed by atoms with E-state index in [1.165, 1.54) is 23.9 Å². The van der Waals surface area contributed by atoms with Gasteiger partial charge in [0.15, 0.2) is 0 Å². The molecule has 26 heavy (non-hydrogen) atoms. The molecule has 1 fully saturated rings. The van der Waals surface area contributed by atoms with Gasteiger partial charge in [-0.25, -0.2) is 4.39 Å². The van der Waals surface area contributed by atoms with Crippen LogP contribution in [-0.2, 0) is 4.79 Å². The number of carbonyl (C=O) groups is 1. The molecule has 0 radical (unpaired) electrons. The normalized spacial score (nSPS) is 17.4. The van der Waals surface area contributed by atoms with Crippen molar-refractivity contribution in [3.63, 3.8) is 0 Å². The molecule has 0 aliphatic carbocycles. The lowest BCUT2D eigenvalue weighted by Gasteiger charge is -2.21. The number of likely N-dealkylation sites (tertiary alicyclic amines) is 1. The number of halogens is 2. The third-order valence-electron chi connectivity index (χ3n) is 4.21. The van der Waals surface area contributed by atoms with E-state index in [2.05, 4.69) is 15.9 Å². The summed E-state index contributed by atoms with van der Waals surface area (Å²) in [5.74, 6) is -0.352. The largest absolute Gasteiger partial charge is 0.491 e. The first-order valence-corrected chi connectivity index (χ1v) is 9.96. The highest BCUT2D eigenvalue weighted by Gasteiger charge is 2.30. The zero-order valence-corrected chi connectivity index (χ0v) is 16.4. The number of hydrogen-bond acceptors (Lipinski definition) is 4. The molecule has 1 saturated heterocycles. The molecule has 3 rings (SSSR count). The Bertz CT molecular complexity index is 789. The monoisotopic (exact) mass is 439 g/mol. The van der Waals surface area contributed by atoms with Gasteiger partial charge in [-0.05, 0) is 55.8 Å². The van der Waals surface area contributed by atoms with Gasteiger partial charge in [0.2, 0.25) is 0 Å². The Hall–Kier alpha value is -1.57. The van der Waals surface area contributed by atoms with Gasteiger partial charge in [-0.1, -0.05) is 33.8 Å². The third kappa shape index (κ3) is 4.99. The molecule has 0 aromatic heterocycles. The van der Waals surface area contributed by atoms with E-state index in [4.69, 9.17) is 4.74 Å². The zero-order chi connectivity index (χ0) is 18.5. The average Bonchev–Trinajstić information content (AvgIpc) is 3.06. The van der Waals surface area contributed by atoms with Crippen LogP contribution in [0.15, 0.2) is 56.7 Å². The maximum atomic E-state index is 13.4. The molecule has 0 spiro atoms. The Balaban J connectivity index is 1.65. The van der Waals surface area contributed by atoms with Gasteiger partial charge in [0.05, 0.1) is 4.90 Å². The van der Waals surface area contributed by atoms with Crippen LogP contribution in [0.25, 0.3) is 0 Å². The van der Waals surface area contributed by atoms with Gasteiger partial charge in [0, 0.05) is 15.9 Å². The Morgan fingerprint density at radius 1 is 1.35 bits per heavy atom. The lowest BCUT2D eigenvalue weighted by atomic mass is 10.2. The number of hydrogen-bond donors (Lipinski definition) is 1. The Morgan fingerprint density at radius 2 is 2.19 bits per heavy atom. The van der Waals surface area contributed by atoms with Crippen LogP contribution in [0.4, 0.5) is 4.39 Å². The first-order valence-electron chi connectivity index (χ1n) is 8.35. The predicted octanol–water partition coefficient (Wildman–Crippen LogP) is 4.67. The maximum Gasteiger partial charge on any atom is 0.320 e. The molecule has 1 aliphatic heterocycles. The van der Waals surface area contributed by atoms with Gasteiger partial charge >= 0.3 is 5.97 Å². The zero-order valence-electron chi connectivity index (χ0n) is 14.0. The van der Waals surface area contributed by atoms with Crippen molar-refractivity contribution in [2.75, 3.05) is 19.7 Å². The highest BCUT2D eigenvalue weighted by molar-refractivity contribution is 9.10. The molecule has 0 bridgehead atoms. The fourth-order valence-electron chi connectivity index (χ4n) is 2.98. The van der Waals surface area contributed by atoms with E-state index >= 15 is 0 Å². The maximum absolute atomic E-state index is 13.4. The predicted molar refractivity (Wildman–Crippen MR) is 102 cm³/mol. The molecular formula is C19H19BrFNO3S. The highest BCUT2D eigenvalue weighted by atomic mass is 79.9. The first kappa shape index (κ1) is 19.2. The number of aliphatic carboxylic acids is 1. The van der Waals surface area contributed by atoms with Gasteiger partial charge in [-0.2, -0.15) is 0 Å². The van der Waals surface area contributed by atoms with Crippen molar-refractivity contribution in [1.29, 1.82) is 0 Å². The molecule has 2 aromatic carbocycles. The molecule has 0 amide bonds. The Kier molecular flexibility index (Phi) is 6.56. The molecule has 7 heteroatoms. The number of nitrogens with zero attached hydrogens (tertiary/aromatic N) is 1. The molecule has 138 valence electrons. The minimum atomic E-state index is -0.771. The van der Waals surface area contributed by atoms with Gasteiger partial charge in [-0.15, -0.1) is 0 Å². The molecule has 0 saturated carbocycles. The Labute approximate surface area is 164 Å². The quantitative estimate of drug-likeness (QED) is 0.679. The second kappa shape index (κ2) is 8.88. The van der Waals surface area contributed by atoms with Crippen LogP contribution in [-0.4, -0.2) is 41.7 Å². The molecular weight excluding hydrogens is 421 g/mol. The highest BCUT2D eigenvalue weighted by Crippen LogP contribution is 2.37. The van der Waals surface area contributed by atoms with Crippen molar-refractivity contribution in [3.8, 4) is 5.75 Å². The summed E-state index contributed by atoms with van der Waals surface area (Å²) in [6.07, 6.45) is 1.58. The second-order valence-electron chi connectivity index (χ2n) is 6.03. The van der Waals surface area contributed by atoms with Crippen molar-refractivity contribution in [2.45, 2.75) is 28.7 Å². The van der Waals surface area contributed by atoms with Crippen molar-refractivity contribution in [3.05, 3.63) is 52.8 Å². The summed E-state index contributed by atoms with van der Waals surface area (Å²) < 4.78 is 20.2. The first-order chi connectivity index (χ1) is 12.5. The second-order valence-corrected chi connectivity index (χ2v) is 8.06. The van der Waals surface area contributed by atoms with Crippen LogP contribution in [0.2, 0.25) is 0 Å². The van der Waals surface area contributed by atoms with Crippen molar-refractivity contribution in [1.82, 2.24) is 4.90 Å². The van der Waals surface area contributed by atoms with Gasteiger partial charge in [-0.3, -0.25) is 9.69 Å². The summed E-state index contributed by atoms with van der Waals surface area (Å²) in [5, 5.41) is 9.24. The third-order valence-corrected chi connectivity index (χ3v) is 5.75. The summed E-state index contributed by atoms with van der Waals surface area (Å²) in [4.78, 5) is 14.9. The minimum absolute atomic E-state index is 0.275. The van der Waals surface area contributed by atoms with E-state index in [-0.39, 0.29) is 5.82 Å². The van der Waals surface area contributed by atoms with Crippen molar-refractivity contribution >= 4 is 33.7 Å². The van der Waals surface area contributed by atoms with Crippen LogP contribution >= 0.6 is 27.7 Å². The SMILES string of the molecule is O=C(O)[C@@H]1CCCN1CCOc1cc(Br)ccc1Sc1cccc(F)c1. The van der Waals surface area contributed by atoms with Crippen LogP contribution in [0.1, 0.15) is 12.8 Å². The average molecular weight is 440 g/mol. The van der Waals surface area contributed by atoms with Crippen LogP contribution in [0.3, 0.4) is 0 Å². The fraction of sp³-hybridized carbons (Fsp3) is 0.316. The molecule has 1 aliphatic rings. The minimum Gasteiger partial charge on any atom is -0.491 e. The summed E-state index contributed by atoms with van der Waals surface area (Å²) in [7, 11) is 0. The lowest BCUT2D eigenvalue weighted by Crippen LogP contribution is -2.38. The number of rotatable bonds is 7. The molecule has 1 atom stereocenters. The van der Waals surface area contributed by atoms with Crippen molar-refractivity contribution in [2.24, 2.45) is 0 Å². The summed E-state index contributed by atoms with van der Waals surface area (Å²) in [5.41, 5.74) is 0. The standard InChI is InChI=1S/C19H19BrFNO3S/c20-13-6-7-18(26-15-4-1-3-14(21)12-15)17(11-13)25-10-9-22-8-2-5-16(22)19(23)24/h1,3-4,6-7,11-12,16H,2,5,8-10H2,(H,23,24)/t16-/m0/s1. The lowest BCUT2D eigenvalue weighted by molar-refractivity contribution is -0.142. The summed E-state index contributed by atoms with van der Waals surface area (Å²) in [6, 6.07) is 11.7. The fourth-order valence-corrected chi connectivity index (χ4v) is 4.25. The van der Waals surface area contributed by atoms with E-state index in [9.17, 15) is 14.3 Å². The Morgan fingerprint density at radius 3 is 2.96 bits per heavy atom. The number of benzene rings is 2. The molecule has 2 aromatic rings. The van der Waals surface area contributed by atoms with E-state index in [1.54, 1.807) is 6.07 Å². The van der Waals surface area contributed by atoms with Crippen LogP contribution < -0.4 is 4.74 Å². The number of ether oxygens (including phenoxy) is 1. The topological polar surface area (TPSA) is 49.8 Å². The van der Waals surface area contributed by atoms with E-state index in [1.807, 2.05) is 29.2 Å². The number of carboxylic acids is 1. The number of carboxylic acid groups (broad SMARTS) is 1. The molecule has 1 N–H and O–H groups in total. The summed E-state index contributed by atoms with van der Waals surface area (Å²) in [6.45, 7) is 1.74. The van der Waals surface area contributed by atoms with E-state index < -0.39 is 12.0 Å². The molecule has 4 nitrogen and oxygen atoms in total. The van der Waals surface area contributed by atoms with Gasteiger partial charge < -0.3 is 9.84 Å². The van der Waals surface area contributed by atoms with Gasteiger partial charge in [0.1, 0.15) is 24.2 Å². The molecule has 1 heterocycles. The van der Waals surface area contributed by atoms with Crippen molar-refractivity contribution < 1.29 is 19.0 Å². The molecule has 0 unspecified atom stereocenters. The van der Waals surface area contributed by atoms with E-state index in [0.717, 1.165) is 27.2 Å². The summed E-state index contributed by atoms with van der Waals surface area (Å²) >= 11 is 4.87. The smallest absolute Gasteiger partial charge is 0.320 e. The van der Waals surface area contributed by atoms with Crippen LogP contribution in [0, 0.1) is 5.82 Å². The van der Waals surface area contributed by atoms with Crippen LogP contribution in [0.5, 0.6) is 5.75 Å². The van der Waals surface area contributed by atoms with Gasteiger partial charge in [0.25, 0.3) is 0 Å².